The minimum atomic E-state index is -4.65. The van der Waals surface area contributed by atoms with Gasteiger partial charge in [-0.2, -0.15) is 0 Å². The van der Waals surface area contributed by atoms with Gasteiger partial charge in [-0.15, -0.1) is 13.2 Å². The van der Waals surface area contributed by atoms with Crippen LogP contribution in [0.4, 0.5) is 18.9 Å². The Morgan fingerprint density at radius 1 is 1.06 bits per heavy atom. The quantitative estimate of drug-likeness (QED) is 0.744. The summed E-state index contributed by atoms with van der Waals surface area (Å²) in [5.41, 5.74) is 6.41. The van der Waals surface area contributed by atoms with Gasteiger partial charge in [-0.05, 0) is 30.7 Å². The van der Waals surface area contributed by atoms with Gasteiger partial charge in [0.1, 0.15) is 5.75 Å². The number of hydrogen-bond acceptors (Lipinski definition) is 2. The molecule has 0 heterocycles. The normalized spacial score (nSPS) is 9.41. The van der Waals surface area contributed by atoms with Gasteiger partial charge in [0, 0.05) is 5.69 Å². The van der Waals surface area contributed by atoms with Crippen molar-refractivity contribution < 1.29 is 17.9 Å². The van der Waals surface area contributed by atoms with Crippen LogP contribution in [0.1, 0.15) is 33.3 Å². The molecule has 0 radical (unpaired) electrons. The van der Waals surface area contributed by atoms with Gasteiger partial charge in [0.2, 0.25) is 0 Å². The van der Waals surface area contributed by atoms with Crippen LogP contribution < -0.4 is 10.5 Å². The summed E-state index contributed by atoms with van der Waals surface area (Å²) in [6.45, 7) is 9.61. The molecule has 1 aromatic rings. The van der Waals surface area contributed by atoms with Crippen LogP contribution in [0.25, 0.3) is 0 Å². The van der Waals surface area contributed by atoms with Crippen molar-refractivity contribution in [2.75, 3.05) is 5.73 Å². The molecule has 0 amide bonds. The van der Waals surface area contributed by atoms with E-state index in [9.17, 15) is 13.2 Å². The fraction of sp³-hybridized carbons (Fsp3) is 0.500. The first kappa shape index (κ1) is 18.0. The number of benzene rings is 1. The van der Waals surface area contributed by atoms with Crippen molar-refractivity contribution in [1.29, 1.82) is 0 Å². The Labute approximate surface area is 101 Å². The van der Waals surface area contributed by atoms with E-state index < -0.39 is 6.36 Å². The van der Waals surface area contributed by atoms with Crippen molar-refractivity contribution in [3.8, 4) is 5.75 Å². The van der Waals surface area contributed by atoms with E-state index >= 15 is 0 Å². The van der Waals surface area contributed by atoms with Gasteiger partial charge in [-0.25, -0.2) is 0 Å². The van der Waals surface area contributed by atoms with Gasteiger partial charge in [0.15, 0.2) is 0 Å². The van der Waals surface area contributed by atoms with Crippen LogP contribution in [0.2, 0.25) is 0 Å². The Bertz CT molecular complexity index is 311. The van der Waals surface area contributed by atoms with Crippen molar-refractivity contribution >= 4 is 5.69 Å². The van der Waals surface area contributed by atoms with E-state index in [2.05, 4.69) is 4.74 Å². The Morgan fingerprint density at radius 3 is 1.88 bits per heavy atom. The molecule has 0 fully saturated rings. The minimum Gasteiger partial charge on any atom is -0.406 e. The summed E-state index contributed by atoms with van der Waals surface area (Å²) in [6.07, 6.45) is -4.65. The highest BCUT2D eigenvalue weighted by Crippen LogP contribution is 2.25. The van der Waals surface area contributed by atoms with E-state index in [0.717, 1.165) is 0 Å². The number of nitrogen functional groups attached to an aromatic ring is 1. The van der Waals surface area contributed by atoms with Crippen molar-refractivity contribution in [2.24, 2.45) is 0 Å². The fourth-order valence-corrected chi connectivity index (χ4v) is 0.845. The topological polar surface area (TPSA) is 35.2 Å². The standard InChI is InChI=1S/C8H8F3NO.2C2H6/c1-5-4-6(2-3-7(5)12)13-8(9,10)11;2*1-2/h2-4H,12H2,1H3;2*1-2H3. The molecular weight excluding hydrogens is 231 g/mol. The van der Waals surface area contributed by atoms with Gasteiger partial charge in [0.25, 0.3) is 0 Å². The predicted octanol–water partition coefficient (Wildman–Crippen LogP) is 4.53. The lowest BCUT2D eigenvalue weighted by molar-refractivity contribution is -0.274. The van der Waals surface area contributed by atoms with Gasteiger partial charge in [-0.1, -0.05) is 27.7 Å². The van der Waals surface area contributed by atoms with Crippen LogP contribution in [0.15, 0.2) is 18.2 Å². The third-order valence-electron chi connectivity index (χ3n) is 1.47. The lowest BCUT2D eigenvalue weighted by Gasteiger charge is -2.09. The molecule has 1 aromatic carbocycles. The summed E-state index contributed by atoms with van der Waals surface area (Å²) >= 11 is 0. The highest BCUT2D eigenvalue weighted by Gasteiger charge is 2.31. The van der Waals surface area contributed by atoms with E-state index in [1.54, 1.807) is 6.92 Å². The Kier molecular flexibility index (Phi) is 9.23. The van der Waals surface area contributed by atoms with Crippen LogP contribution in [-0.4, -0.2) is 6.36 Å². The van der Waals surface area contributed by atoms with E-state index in [4.69, 9.17) is 5.73 Å². The van der Waals surface area contributed by atoms with E-state index in [1.807, 2.05) is 27.7 Å². The summed E-state index contributed by atoms with van der Waals surface area (Å²) < 4.78 is 38.8. The van der Waals surface area contributed by atoms with E-state index in [0.29, 0.717) is 11.3 Å². The summed E-state index contributed by atoms with van der Waals surface area (Å²) in [5.74, 6) is -0.251. The molecule has 0 aliphatic rings. The van der Waals surface area contributed by atoms with E-state index in [1.165, 1.54) is 18.2 Å². The number of halogens is 3. The third-order valence-corrected chi connectivity index (χ3v) is 1.47. The zero-order valence-electron chi connectivity index (χ0n) is 10.9. The van der Waals surface area contributed by atoms with Crippen LogP contribution in [0, 0.1) is 6.92 Å². The molecule has 0 spiro atoms. The average Bonchev–Trinajstić information content (AvgIpc) is 2.27. The number of hydrogen-bond donors (Lipinski definition) is 1. The smallest absolute Gasteiger partial charge is 0.406 e. The number of rotatable bonds is 1. The maximum Gasteiger partial charge on any atom is 0.573 e. The van der Waals surface area contributed by atoms with Crippen LogP contribution in [-0.2, 0) is 0 Å². The Balaban J connectivity index is 0. The fourth-order valence-electron chi connectivity index (χ4n) is 0.845. The first-order valence-corrected chi connectivity index (χ1v) is 5.50. The van der Waals surface area contributed by atoms with Gasteiger partial charge in [-0.3, -0.25) is 0 Å². The maximum atomic E-state index is 11.7. The monoisotopic (exact) mass is 251 g/mol. The largest absolute Gasteiger partial charge is 0.573 e. The minimum absolute atomic E-state index is 0.251. The molecule has 100 valence electrons. The molecular formula is C12H20F3NO. The maximum absolute atomic E-state index is 11.7. The van der Waals surface area contributed by atoms with Gasteiger partial charge in [0.05, 0.1) is 0 Å². The van der Waals surface area contributed by atoms with E-state index in [-0.39, 0.29) is 5.75 Å². The molecule has 0 saturated carbocycles. The number of alkyl halides is 3. The average molecular weight is 251 g/mol. The lowest BCUT2D eigenvalue weighted by atomic mass is 10.2. The molecule has 1 rings (SSSR count). The first-order chi connectivity index (χ1) is 7.88. The molecule has 0 bridgehead atoms. The molecule has 0 aliphatic carbocycles. The zero-order valence-corrected chi connectivity index (χ0v) is 10.9. The Morgan fingerprint density at radius 2 is 1.53 bits per heavy atom. The first-order valence-electron chi connectivity index (χ1n) is 5.50. The number of anilines is 1. The molecule has 0 aliphatic heterocycles. The second-order valence-corrected chi connectivity index (χ2v) is 2.57. The van der Waals surface area contributed by atoms with Crippen molar-refractivity contribution in [1.82, 2.24) is 0 Å². The molecule has 0 unspecified atom stereocenters. The lowest BCUT2D eigenvalue weighted by Crippen LogP contribution is -2.17. The van der Waals surface area contributed by atoms with Crippen LogP contribution in [0.3, 0.4) is 0 Å². The highest BCUT2D eigenvalue weighted by molar-refractivity contribution is 5.49. The second kappa shape index (κ2) is 8.73. The highest BCUT2D eigenvalue weighted by atomic mass is 19.4. The molecule has 0 aromatic heterocycles. The summed E-state index contributed by atoms with van der Waals surface area (Å²) in [7, 11) is 0. The molecule has 5 heteroatoms. The van der Waals surface area contributed by atoms with Gasteiger partial charge < -0.3 is 10.5 Å². The summed E-state index contributed by atoms with van der Waals surface area (Å²) in [4.78, 5) is 0. The number of aryl methyl sites for hydroxylation is 1. The third kappa shape index (κ3) is 8.42. The summed E-state index contributed by atoms with van der Waals surface area (Å²) in [6, 6.07) is 3.79. The molecule has 0 atom stereocenters. The number of ether oxygens (including phenoxy) is 1. The zero-order chi connectivity index (χ0) is 14.1. The predicted molar refractivity (Wildman–Crippen MR) is 65.0 cm³/mol. The number of nitrogens with two attached hydrogens (primary N) is 1. The molecule has 0 saturated heterocycles. The Hall–Kier alpha value is -1.39. The molecule has 2 N–H and O–H groups in total. The van der Waals surface area contributed by atoms with Gasteiger partial charge >= 0.3 is 6.36 Å². The van der Waals surface area contributed by atoms with Crippen LogP contribution >= 0.6 is 0 Å². The van der Waals surface area contributed by atoms with Crippen LogP contribution in [0.5, 0.6) is 5.75 Å². The molecule has 2 nitrogen and oxygen atoms in total. The second-order valence-electron chi connectivity index (χ2n) is 2.57. The van der Waals surface area contributed by atoms with Crippen molar-refractivity contribution in [3.05, 3.63) is 23.8 Å². The van der Waals surface area contributed by atoms with Crippen molar-refractivity contribution in [2.45, 2.75) is 41.0 Å². The SMILES string of the molecule is CC.CC.Cc1cc(OC(F)(F)F)ccc1N. The summed E-state index contributed by atoms with van der Waals surface area (Å²) in [5, 5.41) is 0. The van der Waals surface area contributed by atoms with Crippen molar-refractivity contribution in [3.63, 3.8) is 0 Å². The molecule has 17 heavy (non-hydrogen) atoms.